The van der Waals surface area contributed by atoms with Crippen LogP contribution < -0.4 is 5.73 Å². The molecule has 0 fully saturated rings. The summed E-state index contributed by atoms with van der Waals surface area (Å²) in [5, 5.41) is 0. The first kappa shape index (κ1) is 9.26. The molecule has 3 heteroatoms. The molecule has 0 aliphatic rings. The lowest BCUT2D eigenvalue weighted by Crippen LogP contribution is -2.23. The van der Waals surface area contributed by atoms with Crippen molar-refractivity contribution in [1.29, 1.82) is 0 Å². The van der Waals surface area contributed by atoms with Crippen LogP contribution in [0.25, 0.3) is 0 Å². The Morgan fingerprint density at radius 3 is 2.67 bits per heavy atom. The van der Waals surface area contributed by atoms with Gasteiger partial charge in [0, 0.05) is 30.9 Å². The fraction of sp³-hybridized carbons (Fsp3) is 0.667. The highest BCUT2D eigenvalue weighted by Crippen LogP contribution is 2.11. The molecule has 0 saturated heterocycles. The molecule has 0 bridgehead atoms. The Morgan fingerprint density at radius 2 is 2.17 bits per heavy atom. The molecule has 12 heavy (non-hydrogen) atoms. The monoisotopic (exact) mass is 167 g/mol. The van der Waals surface area contributed by atoms with Gasteiger partial charge in [-0.1, -0.05) is 13.8 Å². The minimum absolute atomic E-state index is 0.191. The second kappa shape index (κ2) is 3.72. The number of hydrogen-bond acceptors (Lipinski definition) is 2. The molecule has 1 aromatic rings. The smallest absolute Gasteiger partial charge is 0.111 e. The molecule has 0 amide bonds. The van der Waals surface area contributed by atoms with Gasteiger partial charge in [-0.2, -0.15) is 0 Å². The Morgan fingerprint density at radius 1 is 1.50 bits per heavy atom. The van der Waals surface area contributed by atoms with E-state index in [0.717, 1.165) is 12.4 Å². The van der Waals surface area contributed by atoms with Gasteiger partial charge in [0.2, 0.25) is 0 Å². The van der Waals surface area contributed by atoms with Gasteiger partial charge in [-0.15, -0.1) is 0 Å². The predicted molar refractivity (Wildman–Crippen MR) is 50.0 cm³/mol. The number of aromatic nitrogens is 2. The Kier molecular flexibility index (Phi) is 2.87. The topological polar surface area (TPSA) is 43.8 Å². The average molecular weight is 167 g/mol. The van der Waals surface area contributed by atoms with Crippen molar-refractivity contribution in [3.05, 3.63) is 18.2 Å². The van der Waals surface area contributed by atoms with E-state index >= 15 is 0 Å². The summed E-state index contributed by atoms with van der Waals surface area (Å²) in [6, 6.07) is 0.191. The first-order valence-corrected chi connectivity index (χ1v) is 4.38. The minimum atomic E-state index is 0.191. The van der Waals surface area contributed by atoms with Crippen molar-refractivity contribution in [3.63, 3.8) is 0 Å². The molecule has 0 radical (unpaired) electrons. The number of nitrogens with zero attached hydrogens (tertiary/aromatic N) is 2. The summed E-state index contributed by atoms with van der Waals surface area (Å²) in [5.41, 5.74) is 5.70. The molecule has 0 aliphatic carbocycles. The molecule has 1 unspecified atom stereocenters. The standard InChI is InChI=1S/C9H17N3/c1-7(2)9-11-4-5-12(9)6-8(3)10/h4-5,7-8H,6,10H2,1-3H3. The summed E-state index contributed by atoms with van der Waals surface area (Å²) in [6.07, 6.45) is 3.82. The van der Waals surface area contributed by atoms with Crippen LogP contribution in [0.4, 0.5) is 0 Å². The van der Waals surface area contributed by atoms with E-state index in [1.807, 2.05) is 19.3 Å². The Labute approximate surface area is 73.6 Å². The lowest BCUT2D eigenvalue weighted by molar-refractivity contribution is 0.552. The zero-order valence-corrected chi connectivity index (χ0v) is 7.99. The van der Waals surface area contributed by atoms with Crippen molar-refractivity contribution in [2.45, 2.75) is 39.3 Å². The van der Waals surface area contributed by atoms with Crippen molar-refractivity contribution in [2.24, 2.45) is 5.73 Å². The Balaban J connectivity index is 2.77. The zero-order chi connectivity index (χ0) is 9.14. The predicted octanol–water partition coefficient (Wildman–Crippen LogP) is 1.35. The number of hydrogen-bond donors (Lipinski definition) is 1. The van der Waals surface area contributed by atoms with Crippen molar-refractivity contribution >= 4 is 0 Å². The van der Waals surface area contributed by atoms with Crippen LogP contribution in [-0.4, -0.2) is 15.6 Å². The van der Waals surface area contributed by atoms with Gasteiger partial charge in [0.05, 0.1) is 0 Å². The van der Waals surface area contributed by atoms with Crippen molar-refractivity contribution in [2.75, 3.05) is 0 Å². The van der Waals surface area contributed by atoms with Gasteiger partial charge in [-0.25, -0.2) is 4.98 Å². The van der Waals surface area contributed by atoms with Crippen LogP contribution in [0.5, 0.6) is 0 Å². The van der Waals surface area contributed by atoms with Crippen LogP contribution in [0.1, 0.15) is 32.5 Å². The highest BCUT2D eigenvalue weighted by molar-refractivity contribution is 4.97. The van der Waals surface area contributed by atoms with Gasteiger partial charge in [0.1, 0.15) is 5.82 Å². The summed E-state index contributed by atoms with van der Waals surface area (Å²) in [7, 11) is 0. The quantitative estimate of drug-likeness (QED) is 0.738. The van der Waals surface area contributed by atoms with Gasteiger partial charge in [0.25, 0.3) is 0 Å². The third kappa shape index (κ3) is 2.08. The second-order valence-electron chi connectivity index (χ2n) is 3.57. The molecule has 0 aliphatic heterocycles. The fourth-order valence-electron chi connectivity index (χ4n) is 1.29. The lowest BCUT2D eigenvalue weighted by Gasteiger charge is -2.11. The normalized spacial score (nSPS) is 13.8. The maximum absolute atomic E-state index is 5.70. The van der Waals surface area contributed by atoms with Crippen molar-refractivity contribution in [1.82, 2.24) is 9.55 Å². The van der Waals surface area contributed by atoms with Gasteiger partial charge in [0.15, 0.2) is 0 Å². The van der Waals surface area contributed by atoms with Crippen LogP contribution in [0.15, 0.2) is 12.4 Å². The Hall–Kier alpha value is -0.830. The lowest BCUT2D eigenvalue weighted by atomic mass is 10.2. The molecule has 68 valence electrons. The van der Waals surface area contributed by atoms with E-state index in [1.165, 1.54) is 0 Å². The van der Waals surface area contributed by atoms with Gasteiger partial charge < -0.3 is 10.3 Å². The SMILES string of the molecule is CC(N)Cn1ccnc1C(C)C. The third-order valence-electron chi connectivity index (χ3n) is 1.75. The molecule has 3 nitrogen and oxygen atoms in total. The molecule has 2 N–H and O–H groups in total. The van der Waals surface area contributed by atoms with Gasteiger partial charge in [-0.3, -0.25) is 0 Å². The van der Waals surface area contributed by atoms with Gasteiger partial charge >= 0.3 is 0 Å². The maximum Gasteiger partial charge on any atom is 0.111 e. The molecular formula is C9H17N3. The van der Waals surface area contributed by atoms with E-state index in [2.05, 4.69) is 23.4 Å². The van der Waals surface area contributed by atoms with Gasteiger partial charge in [-0.05, 0) is 6.92 Å². The van der Waals surface area contributed by atoms with E-state index in [9.17, 15) is 0 Å². The van der Waals surface area contributed by atoms with Crippen molar-refractivity contribution < 1.29 is 0 Å². The fourth-order valence-corrected chi connectivity index (χ4v) is 1.29. The minimum Gasteiger partial charge on any atom is -0.333 e. The zero-order valence-electron chi connectivity index (χ0n) is 7.99. The molecule has 1 heterocycles. The molecular weight excluding hydrogens is 150 g/mol. The van der Waals surface area contributed by atoms with E-state index in [-0.39, 0.29) is 6.04 Å². The van der Waals surface area contributed by atoms with E-state index < -0.39 is 0 Å². The first-order valence-electron chi connectivity index (χ1n) is 4.38. The molecule has 0 spiro atoms. The molecule has 0 aromatic carbocycles. The van der Waals surface area contributed by atoms with Crippen LogP contribution in [-0.2, 0) is 6.54 Å². The maximum atomic E-state index is 5.70. The van der Waals surface area contributed by atoms with E-state index in [0.29, 0.717) is 5.92 Å². The Bertz CT molecular complexity index is 238. The summed E-state index contributed by atoms with van der Waals surface area (Å²) >= 11 is 0. The highest BCUT2D eigenvalue weighted by Gasteiger charge is 2.07. The highest BCUT2D eigenvalue weighted by atomic mass is 15.1. The second-order valence-corrected chi connectivity index (χ2v) is 3.57. The third-order valence-corrected chi connectivity index (χ3v) is 1.75. The molecule has 0 saturated carbocycles. The van der Waals surface area contributed by atoms with E-state index in [4.69, 9.17) is 5.73 Å². The largest absolute Gasteiger partial charge is 0.333 e. The summed E-state index contributed by atoms with van der Waals surface area (Å²) < 4.78 is 2.12. The summed E-state index contributed by atoms with van der Waals surface area (Å²) in [6.45, 7) is 7.14. The van der Waals surface area contributed by atoms with Crippen LogP contribution in [0.3, 0.4) is 0 Å². The summed E-state index contributed by atoms with van der Waals surface area (Å²) in [4.78, 5) is 4.28. The van der Waals surface area contributed by atoms with Crippen LogP contribution >= 0.6 is 0 Å². The van der Waals surface area contributed by atoms with Crippen LogP contribution in [0, 0.1) is 0 Å². The summed E-state index contributed by atoms with van der Waals surface area (Å²) in [5.74, 6) is 1.59. The van der Waals surface area contributed by atoms with Crippen LogP contribution in [0.2, 0.25) is 0 Å². The number of nitrogens with two attached hydrogens (primary N) is 1. The molecule has 1 rings (SSSR count). The first-order chi connectivity index (χ1) is 5.61. The van der Waals surface area contributed by atoms with E-state index in [1.54, 1.807) is 0 Å². The number of imidazole rings is 1. The molecule has 1 atom stereocenters. The average Bonchev–Trinajstić information content (AvgIpc) is 2.33. The van der Waals surface area contributed by atoms with Crippen molar-refractivity contribution in [3.8, 4) is 0 Å². The number of rotatable bonds is 3. The molecule has 1 aromatic heterocycles.